The highest BCUT2D eigenvalue weighted by atomic mass is 32.2. The van der Waals surface area contributed by atoms with E-state index in [0.29, 0.717) is 31.0 Å². The van der Waals surface area contributed by atoms with Crippen molar-refractivity contribution in [3.8, 4) is 22.3 Å². The number of sulfonamides is 1. The number of nitrogens with zero attached hydrogens (tertiary/aromatic N) is 2. The summed E-state index contributed by atoms with van der Waals surface area (Å²) in [5, 5.41) is 2.85. The maximum Gasteiger partial charge on any atom is 0.251 e. The molecule has 0 radical (unpaired) electrons. The third-order valence-electron chi connectivity index (χ3n) is 5.79. The van der Waals surface area contributed by atoms with Gasteiger partial charge >= 0.3 is 0 Å². The molecule has 0 aliphatic carbocycles. The fraction of sp³-hybridized carbons (Fsp3) is 0.250. The maximum absolute atomic E-state index is 12.7. The van der Waals surface area contributed by atoms with Crippen LogP contribution in [0.15, 0.2) is 59.6 Å². The topological polar surface area (TPSA) is 105 Å². The minimum absolute atomic E-state index is 0.0580. The molecule has 0 unspecified atom stereocenters. The van der Waals surface area contributed by atoms with Crippen LogP contribution in [-0.2, 0) is 16.4 Å². The van der Waals surface area contributed by atoms with Crippen LogP contribution in [0.4, 0.5) is 5.82 Å². The monoisotopic (exact) mass is 450 g/mol. The van der Waals surface area contributed by atoms with Gasteiger partial charge in [0, 0.05) is 42.5 Å². The van der Waals surface area contributed by atoms with Crippen molar-refractivity contribution >= 4 is 21.7 Å². The molecule has 4 rings (SSSR count). The third-order valence-corrected chi connectivity index (χ3v) is 7.85. The number of nitrogens with one attached hydrogen (secondary N) is 1. The number of nitrogens with two attached hydrogens (primary N) is 1. The van der Waals surface area contributed by atoms with Crippen molar-refractivity contribution in [1.29, 1.82) is 0 Å². The van der Waals surface area contributed by atoms with Crippen molar-refractivity contribution in [2.45, 2.75) is 25.2 Å². The smallest absolute Gasteiger partial charge is 0.251 e. The zero-order chi connectivity index (χ0) is 22.9. The number of fused-ring (bicyclic) bond motifs is 1. The van der Waals surface area contributed by atoms with E-state index in [9.17, 15) is 13.2 Å². The van der Waals surface area contributed by atoms with Crippen LogP contribution in [0.25, 0.3) is 22.3 Å². The zero-order valence-corrected chi connectivity index (χ0v) is 18.9. The number of nitrogen functional groups attached to an aromatic ring is 1. The van der Waals surface area contributed by atoms with Gasteiger partial charge < -0.3 is 11.1 Å². The molecule has 1 amide bonds. The molecule has 7 nitrogen and oxygen atoms in total. The molecule has 166 valence electrons. The van der Waals surface area contributed by atoms with E-state index in [0.717, 1.165) is 34.2 Å². The molecule has 1 aliphatic heterocycles. The molecule has 3 aromatic rings. The summed E-state index contributed by atoms with van der Waals surface area (Å²) in [5.41, 5.74) is 11.2. The molecule has 2 heterocycles. The fourth-order valence-corrected chi connectivity index (χ4v) is 5.45. The summed E-state index contributed by atoms with van der Waals surface area (Å²) in [6.07, 6.45) is 2.45. The highest BCUT2D eigenvalue weighted by Crippen LogP contribution is 2.32. The average molecular weight is 451 g/mol. The first kappa shape index (κ1) is 22.0. The summed E-state index contributed by atoms with van der Waals surface area (Å²) in [6, 6.07) is 14.4. The van der Waals surface area contributed by atoms with Gasteiger partial charge in [-0.25, -0.2) is 13.4 Å². The number of amides is 1. The van der Waals surface area contributed by atoms with Crippen molar-refractivity contribution in [1.82, 2.24) is 14.6 Å². The van der Waals surface area contributed by atoms with Crippen LogP contribution < -0.4 is 11.1 Å². The van der Waals surface area contributed by atoms with E-state index in [1.165, 1.54) is 4.31 Å². The van der Waals surface area contributed by atoms with Crippen LogP contribution in [0, 0.1) is 0 Å². The molecule has 3 N–H and O–H groups in total. The standard InChI is InChI=1S/C24H26N4O3S/c1-3-28(4-2)32(30,31)20-8-5-16(6-9-20)19-14-22(23(25)27-15-19)17-7-10-21-18(13-17)11-12-26-24(21)29/h5-10,13-15H,3-4,11-12H2,1-2H3,(H2,25,27)(H,26,29). The van der Waals surface area contributed by atoms with Crippen LogP contribution in [0.3, 0.4) is 0 Å². The molecule has 32 heavy (non-hydrogen) atoms. The van der Waals surface area contributed by atoms with Gasteiger partial charge in [0.15, 0.2) is 0 Å². The molecule has 0 saturated heterocycles. The first-order valence-corrected chi connectivity index (χ1v) is 12.1. The molecule has 0 atom stereocenters. The van der Waals surface area contributed by atoms with Gasteiger partial charge in [-0.15, -0.1) is 0 Å². The van der Waals surface area contributed by atoms with Crippen LogP contribution >= 0.6 is 0 Å². The lowest BCUT2D eigenvalue weighted by Crippen LogP contribution is -2.31. The van der Waals surface area contributed by atoms with Crippen molar-refractivity contribution in [3.05, 3.63) is 65.9 Å². The Hall–Kier alpha value is -3.23. The predicted molar refractivity (Wildman–Crippen MR) is 126 cm³/mol. The Morgan fingerprint density at radius 1 is 0.969 bits per heavy atom. The number of carbonyl (C=O) groups is 1. The summed E-state index contributed by atoms with van der Waals surface area (Å²) in [5.74, 6) is 0.340. The van der Waals surface area contributed by atoms with Crippen molar-refractivity contribution in [3.63, 3.8) is 0 Å². The van der Waals surface area contributed by atoms with Gasteiger partial charge in [0.2, 0.25) is 10.0 Å². The molecule has 8 heteroatoms. The number of carbonyl (C=O) groups excluding carboxylic acids is 1. The van der Waals surface area contributed by atoms with E-state index >= 15 is 0 Å². The third kappa shape index (κ3) is 3.99. The van der Waals surface area contributed by atoms with E-state index in [1.807, 2.05) is 38.1 Å². The molecular weight excluding hydrogens is 424 g/mol. The lowest BCUT2D eigenvalue weighted by Gasteiger charge is -2.19. The Morgan fingerprint density at radius 3 is 2.34 bits per heavy atom. The van der Waals surface area contributed by atoms with Gasteiger partial charge in [-0.1, -0.05) is 38.1 Å². The number of aromatic nitrogens is 1. The normalized spacial score (nSPS) is 13.7. The number of hydrogen-bond donors (Lipinski definition) is 2. The van der Waals surface area contributed by atoms with E-state index in [1.54, 1.807) is 30.5 Å². The summed E-state index contributed by atoms with van der Waals surface area (Å²) in [4.78, 5) is 16.6. The van der Waals surface area contributed by atoms with Crippen molar-refractivity contribution in [2.75, 3.05) is 25.4 Å². The van der Waals surface area contributed by atoms with Gasteiger partial charge in [-0.05, 0) is 47.4 Å². The minimum Gasteiger partial charge on any atom is -0.383 e. The second-order valence-corrected chi connectivity index (χ2v) is 9.59. The van der Waals surface area contributed by atoms with Crippen LogP contribution in [0.1, 0.15) is 29.8 Å². The molecule has 0 bridgehead atoms. The summed E-state index contributed by atoms with van der Waals surface area (Å²) >= 11 is 0. The molecule has 2 aromatic carbocycles. The Kier molecular flexibility index (Phi) is 5.99. The number of benzene rings is 2. The second-order valence-electron chi connectivity index (χ2n) is 7.65. The van der Waals surface area contributed by atoms with Crippen molar-refractivity contribution in [2.24, 2.45) is 0 Å². The molecule has 0 fully saturated rings. The first-order valence-electron chi connectivity index (χ1n) is 10.6. The SMILES string of the molecule is CCN(CC)S(=O)(=O)c1ccc(-c2cnc(N)c(-c3ccc4c(c3)CCNC4=O)c2)cc1. The average Bonchev–Trinajstić information content (AvgIpc) is 2.80. The highest BCUT2D eigenvalue weighted by molar-refractivity contribution is 7.89. The van der Waals surface area contributed by atoms with Gasteiger partial charge in [0.25, 0.3) is 5.91 Å². The molecule has 0 spiro atoms. The minimum atomic E-state index is -3.51. The number of hydrogen-bond acceptors (Lipinski definition) is 5. The van der Waals surface area contributed by atoms with E-state index < -0.39 is 10.0 Å². The van der Waals surface area contributed by atoms with Crippen LogP contribution in [0.2, 0.25) is 0 Å². The number of rotatable bonds is 6. The number of anilines is 1. The largest absolute Gasteiger partial charge is 0.383 e. The van der Waals surface area contributed by atoms with Crippen molar-refractivity contribution < 1.29 is 13.2 Å². The van der Waals surface area contributed by atoms with Gasteiger partial charge in [-0.2, -0.15) is 4.31 Å². The van der Waals surface area contributed by atoms with Crippen LogP contribution in [0.5, 0.6) is 0 Å². The lowest BCUT2D eigenvalue weighted by atomic mass is 9.94. The Labute approximate surface area is 188 Å². The molecule has 0 saturated carbocycles. The molecular formula is C24H26N4O3S. The first-order chi connectivity index (χ1) is 15.3. The fourth-order valence-electron chi connectivity index (χ4n) is 3.99. The summed E-state index contributed by atoms with van der Waals surface area (Å²) in [6.45, 7) is 5.11. The number of pyridine rings is 1. The maximum atomic E-state index is 12.7. The van der Waals surface area contributed by atoms with E-state index in [2.05, 4.69) is 10.3 Å². The second kappa shape index (κ2) is 8.72. The summed E-state index contributed by atoms with van der Waals surface area (Å²) in [7, 11) is -3.51. The van der Waals surface area contributed by atoms with E-state index in [4.69, 9.17) is 5.73 Å². The lowest BCUT2D eigenvalue weighted by molar-refractivity contribution is 0.0946. The Balaban J connectivity index is 1.69. The highest BCUT2D eigenvalue weighted by Gasteiger charge is 2.21. The summed E-state index contributed by atoms with van der Waals surface area (Å²) < 4.78 is 26.9. The molecule has 1 aliphatic rings. The zero-order valence-electron chi connectivity index (χ0n) is 18.1. The Morgan fingerprint density at radius 2 is 1.66 bits per heavy atom. The van der Waals surface area contributed by atoms with Crippen LogP contribution in [-0.4, -0.2) is 43.2 Å². The quantitative estimate of drug-likeness (QED) is 0.599. The Bertz CT molecular complexity index is 1270. The van der Waals surface area contributed by atoms with E-state index in [-0.39, 0.29) is 10.8 Å². The van der Waals surface area contributed by atoms with Gasteiger partial charge in [0.1, 0.15) is 5.82 Å². The predicted octanol–water partition coefficient (Wildman–Crippen LogP) is 3.31. The molecule has 1 aromatic heterocycles. The van der Waals surface area contributed by atoms with Gasteiger partial charge in [0.05, 0.1) is 4.90 Å². The van der Waals surface area contributed by atoms with Gasteiger partial charge in [-0.3, -0.25) is 4.79 Å².